The van der Waals surface area contributed by atoms with Gasteiger partial charge in [-0.2, -0.15) is 0 Å². The van der Waals surface area contributed by atoms with Crippen LogP contribution in [-0.4, -0.2) is 16.5 Å². The lowest BCUT2D eigenvalue weighted by atomic mass is 10.4. The van der Waals surface area contributed by atoms with E-state index in [-0.39, 0.29) is 0 Å². The van der Waals surface area contributed by atoms with Crippen LogP contribution in [-0.2, 0) is 0 Å². The predicted octanol–water partition coefficient (Wildman–Crippen LogP) is 4.10. The second kappa shape index (κ2) is 6.61. The molecule has 5 heteroatoms. The highest BCUT2D eigenvalue weighted by Gasteiger charge is 2.01. The number of nitrogens with one attached hydrogen (secondary N) is 1. The molecule has 2 rings (SSSR count). The first-order valence-corrected chi connectivity index (χ1v) is 6.96. The van der Waals surface area contributed by atoms with Gasteiger partial charge in [-0.05, 0) is 30.7 Å². The van der Waals surface area contributed by atoms with Crippen LogP contribution in [0.4, 0.5) is 5.82 Å². The van der Waals surface area contributed by atoms with E-state index in [1.54, 1.807) is 24.2 Å². The monoisotopic (exact) mass is 279 g/mol. The van der Waals surface area contributed by atoms with E-state index in [4.69, 9.17) is 11.6 Å². The fourth-order valence-corrected chi connectivity index (χ4v) is 2.26. The van der Waals surface area contributed by atoms with E-state index in [2.05, 4.69) is 22.2 Å². The number of hydrogen-bond acceptors (Lipinski definition) is 4. The van der Waals surface area contributed by atoms with E-state index in [1.165, 1.54) is 0 Å². The fourth-order valence-electron chi connectivity index (χ4n) is 1.36. The van der Waals surface area contributed by atoms with Gasteiger partial charge in [0, 0.05) is 16.5 Å². The van der Waals surface area contributed by atoms with Gasteiger partial charge in [-0.3, -0.25) is 4.98 Å². The van der Waals surface area contributed by atoms with Gasteiger partial charge in [0.1, 0.15) is 10.8 Å². The van der Waals surface area contributed by atoms with Crippen molar-refractivity contribution in [1.82, 2.24) is 9.97 Å². The first-order valence-electron chi connectivity index (χ1n) is 5.77. The third kappa shape index (κ3) is 3.89. The van der Waals surface area contributed by atoms with E-state index in [0.717, 1.165) is 33.7 Å². The van der Waals surface area contributed by atoms with Crippen LogP contribution in [0.1, 0.15) is 13.3 Å². The van der Waals surface area contributed by atoms with Crippen LogP contribution in [0.5, 0.6) is 0 Å². The summed E-state index contributed by atoms with van der Waals surface area (Å²) in [6, 6.07) is 7.69. The van der Waals surface area contributed by atoms with Crippen LogP contribution in [0.25, 0.3) is 0 Å². The van der Waals surface area contributed by atoms with Crippen molar-refractivity contribution in [3.05, 3.63) is 41.7 Å². The molecule has 1 aromatic heterocycles. The van der Waals surface area contributed by atoms with Crippen LogP contribution >= 0.6 is 23.4 Å². The highest BCUT2D eigenvalue weighted by molar-refractivity contribution is 7.99. The van der Waals surface area contributed by atoms with Gasteiger partial charge in [-0.15, -0.1) is 0 Å². The summed E-state index contributed by atoms with van der Waals surface area (Å²) >= 11 is 7.42. The minimum Gasteiger partial charge on any atom is -0.369 e. The quantitative estimate of drug-likeness (QED) is 0.894. The minimum atomic E-state index is 0.740. The van der Waals surface area contributed by atoms with Crippen molar-refractivity contribution in [2.24, 2.45) is 0 Å². The highest BCUT2D eigenvalue weighted by atomic mass is 35.5. The molecule has 0 atom stereocenters. The first-order chi connectivity index (χ1) is 8.78. The van der Waals surface area contributed by atoms with Gasteiger partial charge in [-0.1, -0.05) is 30.3 Å². The number of nitrogens with zero attached hydrogens (tertiary/aromatic N) is 2. The molecule has 0 radical (unpaired) electrons. The van der Waals surface area contributed by atoms with Gasteiger partial charge in [0.25, 0.3) is 0 Å². The summed E-state index contributed by atoms with van der Waals surface area (Å²) in [7, 11) is 0. The normalized spacial score (nSPS) is 10.3. The van der Waals surface area contributed by atoms with Crippen molar-refractivity contribution in [3.63, 3.8) is 0 Å². The molecular formula is C13H14ClN3S. The topological polar surface area (TPSA) is 37.8 Å². The Kier molecular flexibility index (Phi) is 4.84. The predicted molar refractivity (Wildman–Crippen MR) is 76.4 cm³/mol. The number of rotatable bonds is 5. The van der Waals surface area contributed by atoms with Gasteiger partial charge in [0.15, 0.2) is 0 Å². The molecule has 1 heterocycles. The van der Waals surface area contributed by atoms with Crippen molar-refractivity contribution in [2.75, 3.05) is 11.9 Å². The zero-order valence-electron chi connectivity index (χ0n) is 10.1. The molecule has 0 amide bonds. The Bertz CT molecular complexity index is 502. The maximum atomic E-state index is 5.85. The smallest absolute Gasteiger partial charge is 0.145 e. The van der Waals surface area contributed by atoms with Crippen LogP contribution in [0.3, 0.4) is 0 Å². The summed E-state index contributed by atoms with van der Waals surface area (Å²) in [5, 5.41) is 4.83. The summed E-state index contributed by atoms with van der Waals surface area (Å²) in [5.41, 5.74) is 0. The summed E-state index contributed by atoms with van der Waals surface area (Å²) in [6.07, 6.45) is 4.56. The molecule has 0 saturated carbocycles. The van der Waals surface area contributed by atoms with Crippen LogP contribution < -0.4 is 5.32 Å². The molecule has 0 saturated heterocycles. The molecule has 0 unspecified atom stereocenters. The summed E-state index contributed by atoms with van der Waals surface area (Å²) < 4.78 is 0. The largest absolute Gasteiger partial charge is 0.369 e. The number of anilines is 1. The van der Waals surface area contributed by atoms with Crippen molar-refractivity contribution >= 4 is 29.2 Å². The molecule has 0 aliphatic heterocycles. The molecule has 1 N–H and O–H groups in total. The van der Waals surface area contributed by atoms with Crippen molar-refractivity contribution in [2.45, 2.75) is 23.3 Å². The van der Waals surface area contributed by atoms with Crippen molar-refractivity contribution in [3.8, 4) is 0 Å². The number of hydrogen-bond donors (Lipinski definition) is 1. The Labute approximate surface area is 116 Å². The average Bonchev–Trinajstić information content (AvgIpc) is 2.40. The van der Waals surface area contributed by atoms with E-state index in [9.17, 15) is 0 Å². The van der Waals surface area contributed by atoms with Crippen LogP contribution in [0.15, 0.2) is 46.6 Å². The van der Waals surface area contributed by atoms with E-state index < -0.39 is 0 Å². The maximum Gasteiger partial charge on any atom is 0.145 e. The Balaban J connectivity index is 2.06. The molecule has 0 bridgehead atoms. The molecule has 0 aliphatic carbocycles. The van der Waals surface area contributed by atoms with Gasteiger partial charge in [0.05, 0.1) is 12.4 Å². The number of benzene rings is 1. The summed E-state index contributed by atoms with van der Waals surface area (Å²) in [6.45, 7) is 3.02. The zero-order chi connectivity index (χ0) is 12.8. The summed E-state index contributed by atoms with van der Waals surface area (Å²) in [5.74, 6) is 0.816. The lowest BCUT2D eigenvalue weighted by Gasteiger charge is -2.05. The summed E-state index contributed by atoms with van der Waals surface area (Å²) in [4.78, 5) is 9.76. The minimum absolute atomic E-state index is 0.740. The molecule has 0 fully saturated rings. The third-order valence-electron chi connectivity index (χ3n) is 2.20. The van der Waals surface area contributed by atoms with Gasteiger partial charge in [0.2, 0.25) is 0 Å². The average molecular weight is 280 g/mol. The Hall–Kier alpha value is -1.26. The lowest BCUT2D eigenvalue weighted by molar-refractivity contribution is 0.948. The molecule has 0 spiro atoms. The Morgan fingerprint density at radius 2 is 2.00 bits per heavy atom. The molecule has 3 nitrogen and oxygen atoms in total. The SMILES string of the molecule is CCCNc1cncc(Sc2ccc(Cl)cc2)n1. The lowest BCUT2D eigenvalue weighted by Crippen LogP contribution is -2.02. The molecule has 2 aromatic rings. The number of aromatic nitrogens is 2. The van der Waals surface area contributed by atoms with Gasteiger partial charge >= 0.3 is 0 Å². The Morgan fingerprint density at radius 3 is 2.72 bits per heavy atom. The van der Waals surface area contributed by atoms with E-state index >= 15 is 0 Å². The maximum absolute atomic E-state index is 5.85. The van der Waals surface area contributed by atoms with E-state index in [1.807, 2.05) is 24.3 Å². The Morgan fingerprint density at radius 1 is 1.22 bits per heavy atom. The second-order valence-corrected chi connectivity index (χ2v) is 5.26. The molecule has 0 aliphatic rings. The molecule has 18 heavy (non-hydrogen) atoms. The van der Waals surface area contributed by atoms with Gasteiger partial charge in [-0.25, -0.2) is 4.98 Å². The highest BCUT2D eigenvalue weighted by Crippen LogP contribution is 2.27. The zero-order valence-corrected chi connectivity index (χ0v) is 11.6. The van der Waals surface area contributed by atoms with Crippen molar-refractivity contribution in [1.29, 1.82) is 0 Å². The fraction of sp³-hybridized carbons (Fsp3) is 0.231. The van der Waals surface area contributed by atoms with Gasteiger partial charge < -0.3 is 5.32 Å². The molecule has 94 valence electrons. The number of halogens is 1. The standard InChI is InChI=1S/C13H14ClN3S/c1-2-7-16-12-8-15-9-13(17-12)18-11-5-3-10(14)4-6-11/h3-6,8-9H,2,7H2,1H3,(H,16,17). The van der Waals surface area contributed by atoms with Crippen LogP contribution in [0, 0.1) is 0 Å². The molecule has 1 aromatic carbocycles. The van der Waals surface area contributed by atoms with Crippen LogP contribution in [0.2, 0.25) is 5.02 Å². The second-order valence-electron chi connectivity index (χ2n) is 3.73. The third-order valence-corrected chi connectivity index (χ3v) is 3.37. The van der Waals surface area contributed by atoms with Crippen molar-refractivity contribution < 1.29 is 0 Å². The molecular weight excluding hydrogens is 266 g/mol. The van der Waals surface area contributed by atoms with E-state index in [0.29, 0.717) is 0 Å². The first kappa shape index (κ1) is 13.2.